The van der Waals surface area contributed by atoms with Gasteiger partial charge in [-0.2, -0.15) is 0 Å². The zero-order valence-corrected chi connectivity index (χ0v) is 9.60. The predicted octanol–water partition coefficient (Wildman–Crippen LogP) is 4.05. The molecular weight excluding hydrogens is 204 g/mol. The Morgan fingerprint density at radius 2 is 2.00 bits per heavy atom. The molecule has 1 heterocycles. The summed E-state index contributed by atoms with van der Waals surface area (Å²) in [4.78, 5) is 12.6. The highest BCUT2D eigenvalue weighted by Gasteiger charge is 2.06. The van der Waals surface area contributed by atoms with Crippen molar-refractivity contribution in [2.75, 3.05) is 0 Å². The standard InChI is InChI=1S/C13H12OS/c1-9(2)7-11(14)13-8-10-5-3-4-6-12(10)15-13/h3-8H,1-2H3. The number of fused-ring (bicyclic) bond motifs is 1. The van der Waals surface area contributed by atoms with Crippen molar-refractivity contribution in [3.63, 3.8) is 0 Å². The van der Waals surface area contributed by atoms with Gasteiger partial charge < -0.3 is 0 Å². The van der Waals surface area contributed by atoms with E-state index in [0.717, 1.165) is 15.8 Å². The van der Waals surface area contributed by atoms with Crippen molar-refractivity contribution in [2.45, 2.75) is 13.8 Å². The molecular formula is C13H12OS. The Labute approximate surface area is 93.1 Å². The van der Waals surface area contributed by atoms with Crippen molar-refractivity contribution < 1.29 is 4.79 Å². The molecule has 2 heteroatoms. The van der Waals surface area contributed by atoms with E-state index >= 15 is 0 Å². The van der Waals surface area contributed by atoms with E-state index in [1.165, 1.54) is 4.70 Å². The molecule has 0 fully saturated rings. The van der Waals surface area contributed by atoms with Crippen molar-refractivity contribution in [3.8, 4) is 0 Å². The first-order chi connectivity index (χ1) is 7.16. The van der Waals surface area contributed by atoms with Crippen LogP contribution in [0, 0.1) is 0 Å². The zero-order valence-electron chi connectivity index (χ0n) is 8.78. The van der Waals surface area contributed by atoms with E-state index in [9.17, 15) is 4.79 Å². The molecule has 1 aromatic carbocycles. The zero-order chi connectivity index (χ0) is 10.8. The fourth-order valence-electron chi connectivity index (χ4n) is 1.44. The Bertz CT molecular complexity index is 497. The molecule has 15 heavy (non-hydrogen) atoms. The first kappa shape index (κ1) is 10.1. The molecule has 76 valence electrons. The Morgan fingerprint density at radius 3 is 2.67 bits per heavy atom. The number of hydrogen-bond donors (Lipinski definition) is 0. The third-order valence-electron chi connectivity index (χ3n) is 2.09. The van der Waals surface area contributed by atoms with Gasteiger partial charge in [0.1, 0.15) is 0 Å². The SMILES string of the molecule is CC(C)=CC(=O)c1cc2ccccc2s1. The second-order valence-corrected chi connectivity index (χ2v) is 4.82. The van der Waals surface area contributed by atoms with Crippen LogP contribution >= 0.6 is 11.3 Å². The fraction of sp³-hybridized carbons (Fsp3) is 0.154. The van der Waals surface area contributed by atoms with Gasteiger partial charge >= 0.3 is 0 Å². The molecule has 2 rings (SSSR count). The number of carbonyl (C=O) groups is 1. The minimum Gasteiger partial charge on any atom is -0.288 e. The summed E-state index contributed by atoms with van der Waals surface area (Å²) >= 11 is 1.55. The molecule has 0 N–H and O–H groups in total. The van der Waals surface area contributed by atoms with E-state index in [0.29, 0.717) is 0 Å². The third-order valence-corrected chi connectivity index (χ3v) is 3.22. The Balaban J connectivity index is 2.45. The molecule has 0 aliphatic carbocycles. The monoisotopic (exact) mass is 216 g/mol. The van der Waals surface area contributed by atoms with Gasteiger partial charge in [-0.25, -0.2) is 0 Å². The topological polar surface area (TPSA) is 17.1 Å². The minimum absolute atomic E-state index is 0.108. The molecule has 0 atom stereocenters. The van der Waals surface area contributed by atoms with E-state index in [1.807, 2.05) is 44.2 Å². The second kappa shape index (κ2) is 3.99. The summed E-state index contributed by atoms with van der Waals surface area (Å²) in [6.45, 7) is 3.87. The van der Waals surface area contributed by atoms with Gasteiger partial charge in [-0.15, -0.1) is 11.3 Å². The van der Waals surface area contributed by atoms with Crippen LogP contribution in [0.4, 0.5) is 0 Å². The largest absolute Gasteiger partial charge is 0.288 e. The van der Waals surface area contributed by atoms with Gasteiger partial charge in [0.05, 0.1) is 4.88 Å². The summed E-state index contributed by atoms with van der Waals surface area (Å²) in [6.07, 6.45) is 1.69. The van der Waals surface area contributed by atoms with Gasteiger partial charge in [-0.1, -0.05) is 23.8 Å². The van der Waals surface area contributed by atoms with Crippen LogP contribution in [-0.4, -0.2) is 5.78 Å². The van der Waals surface area contributed by atoms with Crippen LogP contribution in [0.15, 0.2) is 42.0 Å². The number of allylic oxidation sites excluding steroid dienone is 2. The quantitative estimate of drug-likeness (QED) is 0.546. The van der Waals surface area contributed by atoms with Crippen LogP contribution in [0.1, 0.15) is 23.5 Å². The maximum atomic E-state index is 11.8. The molecule has 0 saturated heterocycles. The highest BCUT2D eigenvalue weighted by Crippen LogP contribution is 2.25. The van der Waals surface area contributed by atoms with Gasteiger partial charge in [0.15, 0.2) is 5.78 Å². The van der Waals surface area contributed by atoms with Crippen LogP contribution in [0.5, 0.6) is 0 Å². The Hall–Kier alpha value is -1.41. The van der Waals surface area contributed by atoms with Crippen LogP contribution in [-0.2, 0) is 0 Å². The van der Waals surface area contributed by atoms with Crippen molar-refractivity contribution in [2.24, 2.45) is 0 Å². The lowest BCUT2D eigenvalue weighted by Crippen LogP contribution is -1.89. The Morgan fingerprint density at radius 1 is 1.27 bits per heavy atom. The summed E-state index contributed by atoms with van der Waals surface area (Å²) in [7, 11) is 0. The summed E-state index contributed by atoms with van der Waals surface area (Å²) in [5.74, 6) is 0.108. The normalized spacial score (nSPS) is 10.3. The lowest BCUT2D eigenvalue weighted by atomic mass is 10.2. The van der Waals surface area contributed by atoms with Gasteiger partial charge in [0, 0.05) is 4.70 Å². The van der Waals surface area contributed by atoms with Gasteiger partial charge in [-0.3, -0.25) is 4.79 Å². The smallest absolute Gasteiger partial charge is 0.195 e. The maximum Gasteiger partial charge on any atom is 0.195 e. The molecule has 0 bridgehead atoms. The third kappa shape index (κ3) is 2.16. The Kier molecular flexibility index (Phi) is 2.69. The second-order valence-electron chi connectivity index (χ2n) is 3.73. The highest BCUT2D eigenvalue weighted by atomic mass is 32.1. The van der Waals surface area contributed by atoms with Gasteiger partial charge in [0.2, 0.25) is 0 Å². The number of rotatable bonds is 2. The van der Waals surface area contributed by atoms with Crippen LogP contribution in [0.25, 0.3) is 10.1 Å². The highest BCUT2D eigenvalue weighted by molar-refractivity contribution is 7.20. The van der Waals surface area contributed by atoms with Crippen LogP contribution in [0.2, 0.25) is 0 Å². The van der Waals surface area contributed by atoms with Gasteiger partial charge in [0.25, 0.3) is 0 Å². The molecule has 0 radical (unpaired) electrons. The summed E-state index contributed by atoms with van der Waals surface area (Å²) < 4.78 is 1.17. The number of benzene rings is 1. The van der Waals surface area contributed by atoms with E-state index in [4.69, 9.17) is 0 Å². The molecule has 0 spiro atoms. The van der Waals surface area contributed by atoms with E-state index < -0.39 is 0 Å². The van der Waals surface area contributed by atoms with Crippen molar-refractivity contribution >= 4 is 27.2 Å². The molecule has 0 amide bonds. The fourth-order valence-corrected chi connectivity index (χ4v) is 2.41. The van der Waals surface area contributed by atoms with Crippen molar-refractivity contribution in [3.05, 3.63) is 46.9 Å². The lowest BCUT2D eigenvalue weighted by Gasteiger charge is -1.89. The average molecular weight is 216 g/mol. The molecule has 1 aromatic heterocycles. The summed E-state index contributed by atoms with van der Waals surface area (Å²) in [5.41, 5.74) is 1.04. The molecule has 2 aromatic rings. The van der Waals surface area contributed by atoms with E-state index in [1.54, 1.807) is 17.4 Å². The molecule has 0 saturated carbocycles. The molecule has 0 aliphatic rings. The first-order valence-corrected chi connectivity index (χ1v) is 5.66. The number of carbonyl (C=O) groups excluding carboxylic acids is 1. The predicted molar refractivity (Wildman–Crippen MR) is 65.6 cm³/mol. The lowest BCUT2D eigenvalue weighted by molar-refractivity contribution is 0.105. The molecule has 0 unspecified atom stereocenters. The van der Waals surface area contributed by atoms with E-state index in [-0.39, 0.29) is 5.78 Å². The summed E-state index contributed by atoms with van der Waals surface area (Å²) in [5, 5.41) is 1.15. The summed E-state index contributed by atoms with van der Waals surface area (Å²) in [6, 6.07) is 10.0. The maximum absolute atomic E-state index is 11.8. The average Bonchev–Trinajstić information content (AvgIpc) is 2.59. The number of ketones is 1. The number of thiophene rings is 1. The molecule has 1 nitrogen and oxygen atoms in total. The van der Waals surface area contributed by atoms with Gasteiger partial charge in [-0.05, 0) is 37.4 Å². The van der Waals surface area contributed by atoms with Crippen molar-refractivity contribution in [1.29, 1.82) is 0 Å². The minimum atomic E-state index is 0.108. The first-order valence-electron chi connectivity index (χ1n) is 4.84. The van der Waals surface area contributed by atoms with E-state index in [2.05, 4.69) is 0 Å². The number of hydrogen-bond acceptors (Lipinski definition) is 2. The van der Waals surface area contributed by atoms with Crippen LogP contribution in [0.3, 0.4) is 0 Å². The van der Waals surface area contributed by atoms with Crippen LogP contribution < -0.4 is 0 Å². The van der Waals surface area contributed by atoms with Crippen molar-refractivity contribution in [1.82, 2.24) is 0 Å². The molecule has 0 aliphatic heterocycles.